The van der Waals surface area contributed by atoms with E-state index in [2.05, 4.69) is 4.98 Å². The van der Waals surface area contributed by atoms with Crippen LogP contribution in [0.25, 0.3) is 33.5 Å². The molecule has 0 fully saturated rings. The molecule has 0 radical (unpaired) electrons. The van der Waals surface area contributed by atoms with Gasteiger partial charge >= 0.3 is 6.18 Å². The predicted octanol–water partition coefficient (Wildman–Crippen LogP) is 7.10. The normalized spacial score (nSPS) is 11.4. The molecule has 0 bridgehead atoms. The highest BCUT2D eigenvalue weighted by Crippen LogP contribution is 2.37. The number of halogens is 3. The summed E-state index contributed by atoms with van der Waals surface area (Å²) in [5.74, 6) is 0. The minimum absolute atomic E-state index is 0.520. The first-order valence-electron chi connectivity index (χ1n) is 8.80. The molecule has 0 aliphatic carbocycles. The molecule has 0 unspecified atom stereocenters. The van der Waals surface area contributed by atoms with E-state index in [4.69, 9.17) is 0 Å². The van der Waals surface area contributed by atoms with Crippen molar-refractivity contribution in [1.82, 2.24) is 4.98 Å². The summed E-state index contributed by atoms with van der Waals surface area (Å²) in [6, 6.07) is 26.3. The fourth-order valence-corrected chi connectivity index (χ4v) is 3.15. The second-order valence-corrected chi connectivity index (χ2v) is 6.46. The number of hydrogen-bond acceptors (Lipinski definition) is 1. The Morgan fingerprint density at radius 1 is 0.536 bits per heavy atom. The maximum Gasteiger partial charge on any atom is 0.416 e. The lowest BCUT2D eigenvalue weighted by Gasteiger charge is -2.13. The van der Waals surface area contributed by atoms with Gasteiger partial charge in [0.1, 0.15) is 0 Å². The van der Waals surface area contributed by atoms with E-state index >= 15 is 0 Å². The van der Waals surface area contributed by atoms with Gasteiger partial charge in [0.25, 0.3) is 0 Å². The van der Waals surface area contributed by atoms with Crippen molar-refractivity contribution in [3.8, 4) is 33.5 Å². The fraction of sp³-hybridized carbons (Fsp3) is 0.0417. The zero-order chi connectivity index (χ0) is 19.6. The van der Waals surface area contributed by atoms with Gasteiger partial charge in [-0.2, -0.15) is 13.2 Å². The number of aromatic nitrogens is 1. The first-order chi connectivity index (χ1) is 13.5. The quantitative estimate of drug-likeness (QED) is 0.372. The molecule has 0 N–H and O–H groups in total. The number of hydrogen-bond donors (Lipinski definition) is 0. The van der Waals surface area contributed by atoms with Crippen LogP contribution in [0.4, 0.5) is 13.2 Å². The number of benzene rings is 3. The maximum absolute atomic E-state index is 13.5. The van der Waals surface area contributed by atoms with E-state index in [1.807, 2.05) is 72.8 Å². The molecular formula is C24H16F3N. The van der Waals surface area contributed by atoms with Crippen molar-refractivity contribution in [1.29, 1.82) is 0 Å². The second-order valence-electron chi connectivity index (χ2n) is 6.46. The third-order valence-corrected chi connectivity index (χ3v) is 4.52. The van der Waals surface area contributed by atoms with Crippen LogP contribution in [0.15, 0.2) is 97.2 Å². The molecule has 0 aliphatic rings. The Morgan fingerprint density at radius 3 is 1.82 bits per heavy atom. The van der Waals surface area contributed by atoms with E-state index in [0.717, 1.165) is 16.8 Å². The van der Waals surface area contributed by atoms with Gasteiger partial charge in [0, 0.05) is 11.8 Å². The van der Waals surface area contributed by atoms with Crippen molar-refractivity contribution in [2.75, 3.05) is 0 Å². The van der Waals surface area contributed by atoms with Gasteiger partial charge in [-0.25, -0.2) is 0 Å². The van der Waals surface area contributed by atoms with Gasteiger partial charge in [0.05, 0.1) is 11.3 Å². The van der Waals surface area contributed by atoms with E-state index in [-0.39, 0.29) is 0 Å². The zero-order valence-electron chi connectivity index (χ0n) is 14.8. The molecule has 3 aromatic carbocycles. The van der Waals surface area contributed by atoms with E-state index < -0.39 is 11.7 Å². The Hall–Kier alpha value is -3.40. The molecule has 0 atom stereocenters. The summed E-state index contributed by atoms with van der Waals surface area (Å²) in [4.78, 5) is 4.33. The molecule has 1 aromatic heterocycles. The molecule has 4 aromatic rings. The molecule has 0 saturated carbocycles. The molecule has 28 heavy (non-hydrogen) atoms. The smallest absolute Gasteiger partial charge is 0.256 e. The highest BCUT2D eigenvalue weighted by molar-refractivity contribution is 5.77. The van der Waals surface area contributed by atoms with Crippen molar-refractivity contribution < 1.29 is 13.2 Å². The van der Waals surface area contributed by atoms with Crippen molar-refractivity contribution in [2.24, 2.45) is 0 Å². The van der Waals surface area contributed by atoms with Crippen molar-refractivity contribution in [2.45, 2.75) is 6.18 Å². The lowest BCUT2D eigenvalue weighted by atomic mass is 9.94. The molecule has 0 aliphatic heterocycles. The van der Waals surface area contributed by atoms with Gasteiger partial charge in [0.2, 0.25) is 0 Å². The van der Waals surface area contributed by atoms with Gasteiger partial charge in [-0.3, -0.25) is 4.98 Å². The molecule has 4 rings (SSSR count). The molecule has 0 spiro atoms. The standard InChI is InChI=1S/C24H16F3N/c25-24(26,27)22-15-20(17-7-2-1-3-8-17)14-21(16-22)18-9-6-10-19(13-18)23-11-4-5-12-28-23/h1-16H. The van der Waals surface area contributed by atoms with Crippen LogP contribution in [0.2, 0.25) is 0 Å². The van der Waals surface area contributed by atoms with Crippen LogP contribution < -0.4 is 0 Å². The van der Waals surface area contributed by atoms with Crippen LogP contribution in [-0.2, 0) is 6.18 Å². The predicted molar refractivity (Wildman–Crippen MR) is 106 cm³/mol. The van der Waals surface area contributed by atoms with Crippen LogP contribution in [0.5, 0.6) is 0 Å². The van der Waals surface area contributed by atoms with Gasteiger partial charge in [-0.15, -0.1) is 0 Å². The minimum Gasteiger partial charge on any atom is -0.256 e. The van der Waals surface area contributed by atoms with Crippen molar-refractivity contribution >= 4 is 0 Å². The van der Waals surface area contributed by atoms with Crippen molar-refractivity contribution in [3.05, 3.63) is 103 Å². The molecular weight excluding hydrogens is 359 g/mol. The lowest BCUT2D eigenvalue weighted by molar-refractivity contribution is -0.137. The fourth-order valence-electron chi connectivity index (χ4n) is 3.15. The van der Waals surface area contributed by atoms with Crippen LogP contribution in [0, 0.1) is 0 Å². The van der Waals surface area contributed by atoms with Gasteiger partial charge in [-0.1, -0.05) is 54.6 Å². The van der Waals surface area contributed by atoms with Crippen molar-refractivity contribution in [3.63, 3.8) is 0 Å². The Morgan fingerprint density at radius 2 is 1.14 bits per heavy atom. The van der Waals surface area contributed by atoms with E-state index in [0.29, 0.717) is 16.7 Å². The van der Waals surface area contributed by atoms with E-state index in [1.165, 1.54) is 12.1 Å². The topological polar surface area (TPSA) is 12.9 Å². The summed E-state index contributed by atoms with van der Waals surface area (Å²) >= 11 is 0. The third-order valence-electron chi connectivity index (χ3n) is 4.52. The molecule has 1 nitrogen and oxygen atoms in total. The first-order valence-corrected chi connectivity index (χ1v) is 8.80. The van der Waals surface area contributed by atoms with Gasteiger partial charge < -0.3 is 0 Å². The Labute approximate surface area is 161 Å². The summed E-state index contributed by atoms with van der Waals surface area (Å²) in [5.41, 5.74) is 3.49. The highest BCUT2D eigenvalue weighted by Gasteiger charge is 2.31. The highest BCUT2D eigenvalue weighted by atomic mass is 19.4. The zero-order valence-corrected chi connectivity index (χ0v) is 14.8. The molecule has 0 amide bonds. The second kappa shape index (κ2) is 7.31. The van der Waals surface area contributed by atoms with Crippen LogP contribution in [0.1, 0.15) is 5.56 Å². The number of nitrogens with zero attached hydrogens (tertiary/aromatic N) is 1. The molecule has 1 heterocycles. The Bertz CT molecular complexity index is 1090. The largest absolute Gasteiger partial charge is 0.416 e. The number of pyridine rings is 1. The third kappa shape index (κ3) is 3.81. The average molecular weight is 375 g/mol. The van der Waals surface area contributed by atoms with Crippen LogP contribution >= 0.6 is 0 Å². The van der Waals surface area contributed by atoms with Gasteiger partial charge in [0.15, 0.2) is 0 Å². The summed E-state index contributed by atoms with van der Waals surface area (Å²) in [5, 5.41) is 0. The van der Waals surface area contributed by atoms with Crippen LogP contribution in [-0.4, -0.2) is 4.98 Å². The minimum atomic E-state index is -4.42. The molecule has 138 valence electrons. The summed E-state index contributed by atoms with van der Waals surface area (Å²) < 4.78 is 40.5. The Balaban J connectivity index is 1.86. The lowest BCUT2D eigenvalue weighted by Crippen LogP contribution is -2.05. The van der Waals surface area contributed by atoms with Crippen LogP contribution in [0.3, 0.4) is 0 Å². The summed E-state index contributed by atoms with van der Waals surface area (Å²) in [7, 11) is 0. The number of rotatable bonds is 3. The van der Waals surface area contributed by atoms with Gasteiger partial charge in [-0.05, 0) is 58.7 Å². The SMILES string of the molecule is FC(F)(F)c1cc(-c2ccccc2)cc(-c2cccc(-c3ccccn3)c2)c1. The maximum atomic E-state index is 13.5. The summed E-state index contributed by atoms with van der Waals surface area (Å²) in [6.45, 7) is 0. The monoisotopic (exact) mass is 375 g/mol. The average Bonchev–Trinajstić information content (AvgIpc) is 2.74. The van der Waals surface area contributed by atoms with E-state index in [9.17, 15) is 13.2 Å². The van der Waals surface area contributed by atoms with E-state index in [1.54, 1.807) is 12.3 Å². The number of alkyl halides is 3. The Kier molecular flexibility index (Phi) is 4.70. The summed E-state index contributed by atoms with van der Waals surface area (Å²) in [6.07, 6.45) is -2.72. The first kappa shape index (κ1) is 18.0. The molecule has 4 heteroatoms. The molecule has 0 saturated heterocycles.